The van der Waals surface area contributed by atoms with Crippen LogP contribution in [-0.4, -0.2) is 13.2 Å². The summed E-state index contributed by atoms with van der Waals surface area (Å²) in [5.74, 6) is 1.52. The summed E-state index contributed by atoms with van der Waals surface area (Å²) in [5, 5.41) is 0.478. The fourth-order valence-electron chi connectivity index (χ4n) is 1.87. The van der Waals surface area contributed by atoms with Crippen LogP contribution in [0.2, 0.25) is 0 Å². The molecule has 0 radical (unpaired) electrons. The highest BCUT2D eigenvalue weighted by molar-refractivity contribution is 5.85. The Morgan fingerprint density at radius 3 is 2.78 bits per heavy atom. The van der Waals surface area contributed by atoms with Gasteiger partial charge in [0.1, 0.15) is 19.0 Å². The fourth-order valence-corrected chi connectivity index (χ4v) is 1.87. The van der Waals surface area contributed by atoms with Gasteiger partial charge in [0.15, 0.2) is 16.8 Å². The van der Waals surface area contributed by atoms with Crippen LogP contribution in [0.4, 0.5) is 0 Å². The fraction of sp³-hybridized carbons (Fsp3) is 0.250. The molecule has 0 bridgehead atoms. The molecule has 0 saturated carbocycles. The first-order valence-corrected chi connectivity index (χ1v) is 5.35. The van der Waals surface area contributed by atoms with Gasteiger partial charge in [0.05, 0.1) is 11.9 Å². The van der Waals surface area contributed by atoms with Crippen LogP contribution in [0.15, 0.2) is 27.4 Å². The SMILES string of the molecule is Cl.NCc1cc(=O)c2ccc3c(c2o1)OCCO3. The molecule has 96 valence electrons. The van der Waals surface area contributed by atoms with Crippen LogP contribution in [0.1, 0.15) is 5.76 Å². The molecule has 1 aliphatic heterocycles. The Balaban J connectivity index is 0.00000120. The normalized spacial score (nSPS) is 13.2. The van der Waals surface area contributed by atoms with Gasteiger partial charge in [-0.1, -0.05) is 0 Å². The number of hydrogen-bond donors (Lipinski definition) is 1. The van der Waals surface area contributed by atoms with Gasteiger partial charge in [-0.2, -0.15) is 0 Å². The molecule has 6 heteroatoms. The van der Waals surface area contributed by atoms with Crippen molar-refractivity contribution < 1.29 is 13.9 Å². The van der Waals surface area contributed by atoms with Crippen molar-refractivity contribution in [3.8, 4) is 11.5 Å². The number of rotatable bonds is 1. The molecule has 0 unspecified atom stereocenters. The molecular formula is C12H12ClNO4. The van der Waals surface area contributed by atoms with Crippen LogP contribution in [-0.2, 0) is 6.54 Å². The number of hydrogen-bond acceptors (Lipinski definition) is 5. The summed E-state index contributed by atoms with van der Waals surface area (Å²) < 4.78 is 16.5. The van der Waals surface area contributed by atoms with E-state index >= 15 is 0 Å². The maximum absolute atomic E-state index is 11.8. The van der Waals surface area contributed by atoms with Gasteiger partial charge in [-0.05, 0) is 12.1 Å². The quantitative estimate of drug-likeness (QED) is 0.848. The predicted octanol–water partition coefficient (Wildman–Crippen LogP) is 1.44. The highest BCUT2D eigenvalue weighted by Gasteiger charge is 2.18. The molecule has 0 amide bonds. The zero-order valence-electron chi connectivity index (χ0n) is 9.47. The largest absolute Gasteiger partial charge is 0.486 e. The minimum Gasteiger partial charge on any atom is -0.486 e. The van der Waals surface area contributed by atoms with E-state index in [1.165, 1.54) is 6.07 Å². The second kappa shape index (κ2) is 4.88. The van der Waals surface area contributed by atoms with Crippen LogP contribution in [0.5, 0.6) is 11.5 Å². The number of fused-ring (bicyclic) bond motifs is 3. The summed E-state index contributed by atoms with van der Waals surface area (Å²) in [7, 11) is 0. The van der Waals surface area contributed by atoms with Crippen LogP contribution >= 0.6 is 12.4 Å². The van der Waals surface area contributed by atoms with Crippen molar-refractivity contribution >= 4 is 23.4 Å². The second-order valence-corrected chi connectivity index (χ2v) is 3.75. The van der Waals surface area contributed by atoms with Gasteiger partial charge in [0, 0.05) is 6.07 Å². The lowest BCUT2D eigenvalue weighted by molar-refractivity contribution is 0.171. The Morgan fingerprint density at radius 2 is 2.00 bits per heavy atom. The standard InChI is InChI=1S/C12H11NO4.ClH/c13-6-7-5-9(14)8-1-2-10-12(11(8)17-7)16-4-3-15-10;/h1-2,5H,3-4,6,13H2;1H. The Morgan fingerprint density at radius 1 is 1.22 bits per heavy atom. The Hall–Kier alpha value is -1.72. The monoisotopic (exact) mass is 269 g/mol. The average molecular weight is 270 g/mol. The highest BCUT2D eigenvalue weighted by Crippen LogP contribution is 2.36. The van der Waals surface area contributed by atoms with E-state index in [1.807, 2.05) is 0 Å². The van der Waals surface area contributed by atoms with E-state index in [-0.39, 0.29) is 24.4 Å². The molecule has 1 aliphatic rings. The van der Waals surface area contributed by atoms with Crippen molar-refractivity contribution in [1.29, 1.82) is 0 Å². The number of benzene rings is 1. The molecule has 1 aromatic heterocycles. The van der Waals surface area contributed by atoms with E-state index in [0.29, 0.717) is 41.4 Å². The maximum Gasteiger partial charge on any atom is 0.205 e. The summed E-state index contributed by atoms with van der Waals surface area (Å²) in [6.07, 6.45) is 0. The molecule has 2 aromatic rings. The smallest absolute Gasteiger partial charge is 0.205 e. The molecule has 0 atom stereocenters. The van der Waals surface area contributed by atoms with Gasteiger partial charge < -0.3 is 19.6 Å². The molecule has 2 heterocycles. The highest BCUT2D eigenvalue weighted by atomic mass is 35.5. The third kappa shape index (κ3) is 1.91. The van der Waals surface area contributed by atoms with Gasteiger partial charge in [-0.3, -0.25) is 4.79 Å². The zero-order valence-corrected chi connectivity index (χ0v) is 10.3. The molecule has 0 aliphatic carbocycles. The van der Waals surface area contributed by atoms with E-state index in [1.54, 1.807) is 12.1 Å². The molecule has 0 saturated heterocycles. The minimum atomic E-state index is -0.122. The lowest BCUT2D eigenvalue weighted by atomic mass is 10.2. The van der Waals surface area contributed by atoms with Crippen LogP contribution in [0.25, 0.3) is 11.0 Å². The summed E-state index contributed by atoms with van der Waals surface area (Å²) in [6.45, 7) is 1.12. The Labute approximate surface area is 109 Å². The van der Waals surface area contributed by atoms with Crippen molar-refractivity contribution in [3.63, 3.8) is 0 Å². The van der Waals surface area contributed by atoms with E-state index in [2.05, 4.69) is 0 Å². The Bertz CT molecular complexity index is 638. The maximum atomic E-state index is 11.8. The van der Waals surface area contributed by atoms with Gasteiger partial charge in [0.25, 0.3) is 0 Å². The molecule has 3 rings (SSSR count). The number of halogens is 1. The van der Waals surface area contributed by atoms with Crippen molar-refractivity contribution in [3.05, 3.63) is 34.2 Å². The third-order valence-corrected chi connectivity index (χ3v) is 2.66. The molecule has 1 aromatic carbocycles. The third-order valence-electron chi connectivity index (χ3n) is 2.66. The zero-order chi connectivity index (χ0) is 11.8. The summed E-state index contributed by atoms with van der Waals surface area (Å²) >= 11 is 0. The summed E-state index contributed by atoms with van der Waals surface area (Å²) in [5.41, 5.74) is 5.77. The van der Waals surface area contributed by atoms with Crippen molar-refractivity contribution in [1.82, 2.24) is 0 Å². The molecule has 5 nitrogen and oxygen atoms in total. The van der Waals surface area contributed by atoms with Crippen LogP contribution in [0.3, 0.4) is 0 Å². The topological polar surface area (TPSA) is 74.7 Å². The average Bonchev–Trinajstić information content (AvgIpc) is 2.38. The van der Waals surface area contributed by atoms with Crippen LogP contribution in [0, 0.1) is 0 Å². The van der Waals surface area contributed by atoms with E-state index in [9.17, 15) is 4.79 Å². The molecule has 0 spiro atoms. The van der Waals surface area contributed by atoms with Gasteiger partial charge in [-0.25, -0.2) is 0 Å². The summed E-state index contributed by atoms with van der Waals surface area (Å²) in [6, 6.07) is 4.79. The summed E-state index contributed by atoms with van der Waals surface area (Å²) in [4.78, 5) is 11.8. The minimum absolute atomic E-state index is 0. The predicted molar refractivity (Wildman–Crippen MR) is 68.6 cm³/mol. The van der Waals surface area contributed by atoms with Crippen LogP contribution < -0.4 is 20.6 Å². The van der Waals surface area contributed by atoms with E-state index in [4.69, 9.17) is 19.6 Å². The van der Waals surface area contributed by atoms with Crippen molar-refractivity contribution in [2.45, 2.75) is 6.54 Å². The van der Waals surface area contributed by atoms with Gasteiger partial charge >= 0.3 is 0 Å². The Kier molecular flexibility index (Phi) is 3.45. The molecular weight excluding hydrogens is 258 g/mol. The molecule has 0 fully saturated rings. The second-order valence-electron chi connectivity index (χ2n) is 3.75. The van der Waals surface area contributed by atoms with E-state index < -0.39 is 0 Å². The van der Waals surface area contributed by atoms with Crippen molar-refractivity contribution in [2.24, 2.45) is 5.73 Å². The first-order chi connectivity index (χ1) is 8.29. The first-order valence-electron chi connectivity index (χ1n) is 5.35. The molecule has 18 heavy (non-hydrogen) atoms. The van der Waals surface area contributed by atoms with Crippen molar-refractivity contribution in [2.75, 3.05) is 13.2 Å². The first kappa shape index (κ1) is 12.7. The lowest BCUT2D eigenvalue weighted by Crippen LogP contribution is -2.16. The van der Waals surface area contributed by atoms with E-state index in [0.717, 1.165) is 0 Å². The number of ether oxygens (including phenoxy) is 2. The number of nitrogens with two attached hydrogens (primary N) is 1. The molecule has 2 N–H and O–H groups in total. The lowest BCUT2D eigenvalue weighted by Gasteiger charge is -2.18. The van der Waals surface area contributed by atoms with Gasteiger partial charge in [0.2, 0.25) is 5.75 Å². The van der Waals surface area contributed by atoms with Gasteiger partial charge in [-0.15, -0.1) is 12.4 Å².